The maximum absolute atomic E-state index is 11.8. The third kappa shape index (κ3) is 4.96. The summed E-state index contributed by atoms with van der Waals surface area (Å²) in [6.45, 7) is 4.94. The lowest BCUT2D eigenvalue weighted by molar-refractivity contribution is -0.142. The Hall–Kier alpha value is -2.54. The van der Waals surface area contributed by atoms with E-state index in [1.807, 2.05) is 36.9 Å². The smallest absolute Gasteiger partial charge is 0.319 e. The van der Waals surface area contributed by atoms with E-state index in [0.29, 0.717) is 24.6 Å². The minimum absolute atomic E-state index is 0.153. The predicted molar refractivity (Wildman–Crippen MR) is 91.7 cm³/mol. The molecule has 0 saturated heterocycles. The fraction of sp³-hybridized carbons (Fsp3) is 0.444. The van der Waals surface area contributed by atoms with Crippen molar-refractivity contribution in [3.8, 4) is 11.5 Å². The molecule has 0 aliphatic carbocycles. The van der Waals surface area contributed by atoms with E-state index < -0.39 is 0 Å². The van der Waals surface area contributed by atoms with E-state index in [1.165, 1.54) is 7.11 Å². The molecule has 2 rings (SSSR count). The molecule has 0 amide bonds. The molecular formula is C18H24N2O5. The topological polar surface area (TPSA) is 74.0 Å². The van der Waals surface area contributed by atoms with Crippen molar-refractivity contribution in [1.82, 2.24) is 10.1 Å². The van der Waals surface area contributed by atoms with Gasteiger partial charge in [0.2, 0.25) is 0 Å². The average molecular weight is 348 g/mol. The Bertz CT molecular complexity index is 685. The fourth-order valence-electron chi connectivity index (χ4n) is 2.58. The first-order chi connectivity index (χ1) is 12.0. The fourth-order valence-corrected chi connectivity index (χ4v) is 2.58. The number of carbonyl (C=O) groups is 1. The maximum Gasteiger partial charge on any atom is 0.319 e. The largest absolute Gasteiger partial charge is 0.497 e. The van der Waals surface area contributed by atoms with Crippen LogP contribution in [0.4, 0.5) is 0 Å². The predicted octanol–water partition coefficient (Wildman–Crippen LogP) is 2.48. The number of hydrogen-bond donors (Lipinski definition) is 0. The first-order valence-corrected chi connectivity index (χ1v) is 7.89. The molecule has 0 bridgehead atoms. The second kappa shape index (κ2) is 8.53. The van der Waals surface area contributed by atoms with Crippen molar-refractivity contribution in [2.45, 2.75) is 26.9 Å². The van der Waals surface area contributed by atoms with Gasteiger partial charge in [-0.15, -0.1) is 0 Å². The monoisotopic (exact) mass is 348 g/mol. The van der Waals surface area contributed by atoms with E-state index >= 15 is 0 Å². The van der Waals surface area contributed by atoms with E-state index in [1.54, 1.807) is 14.2 Å². The molecule has 0 N–H and O–H groups in total. The van der Waals surface area contributed by atoms with Gasteiger partial charge in [-0.05, 0) is 31.5 Å². The van der Waals surface area contributed by atoms with Gasteiger partial charge in [0.25, 0.3) is 0 Å². The van der Waals surface area contributed by atoms with E-state index in [9.17, 15) is 4.79 Å². The Kier molecular flexibility index (Phi) is 6.41. The van der Waals surface area contributed by atoms with Gasteiger partial charge >= 0.3 is 5.97 Å². The van der Waals surface area contributed by atoms with Crippen LogP contribution < -0.4 is 9.47 Å². The van der Waals surface area contributed by atoms with Gasteiger partial charge in [-0.1, -0.05) is 5.16 Å². The maximum atomic E-state index is 11.8. The van der Waals surface area contributed by atoms with Gasteiger partial charge in [-0.25, -0.2) is 0 Å². The second-order valence-electron chi connectivity index (χ2n) is 5.74. The summed E-state index contributed by atoms with van der Waals surface area (Å²) < 4.78 is 20.7. The minimum atomic E-state index is -0.304. The van der Waals surface area contributed by atoms with E-state index in [4.69, 9.17) is 18.7 Å². The Balaban J connectivity index is 2.25. The Morgan fingerprint density at radius 3 is 2.20 bits per heavy atom. The van der Waals surface area contributed by atoms with Gasteiger partial charge in [-0.3, -0.25) is 9.69 Å². The summed E-state index contributed by atoms with van der Waals surface area (Å²) in [5.41, 5.74) is 2.75. The van der Waals surface area contributed by atoms with Crippen LogP contribution in [0.15, 0.2) is 22.7 Å². The van der Waals surface area contributed by atoms with Crippen LogP contribution in [-0.2, 0) is 22.6 Å². The highest BCUT2D eigenvalue weighted by atomic mass is 16.5. The van der Waals surface area contributed by atoms with Crippen LogP contribution in [0.1, 0.15) is 22.6 Å². The molecule has 0 radical (unpaired) electrons. The molecule has 1 aromatic heterocycles. The summed E-state index contributed by atoms with van der Waals surface area (Å²) in [6.07, 6.45) is 0. The van der Waals surface area contributed by atoms with Gasteiger partial charge in [0.05, 0.1) is 33.6 Å². The number of ether oxygens (including phenoxy) is 3. The van der Waals surface area contributed by atoms with Gasteiger partial charge in [0.15, 0.2) is 0 Å². The molecular weight excluding hydrogens is 324 g/mol. The number of nitrogens with zero attached hydrogens (tertiary/aromatic N) is 2. The lowest BCUT2D eigenvalue weighted by Crippen LogP contribution is -2.30. The highest BCUT2D eigenvalue weighted by Crippen LogP contribution is 2.24. The number of benzene rings is 1. The highest BCUT2D eigenvalue weighted by molar-refractivity contribution is 5.71. The molecule has 0 fully saturated rings. The van der Waals surface area contributed by atoms with Crippen molar-refractivity contribution >= 4 is 5.97 Å². The Morgan fingerprint density at radius 2 is 1.72 bits per heavy atom. The standard InChI is InChI=1S/C18H24N2O5/c1-12-17(13(2)25-19-12)10-20(11-18(21)24-5)9-14-6-15(22-3)8-16(7-14)23-4/h6-8H,9-11H2,1-5H3. The van der Waals surface area contributed by atoms with E-state index in [-0.39, 0.29) is 12.5 Å². The molecule has 7 nitrogen and oxygen atoms in total. The number of aromatic nitrogens is 1. The molecule has 0 unspecified atom stereocenters. The molecule has 0 aliphatic rings. The summed E-state index contributed by atoms with van der Waals surface area (Å²) in [6, 6.07) is 5.64. The van der Waals surface area contributed by atoms with Crippen LogP contribution >= 0.6 is 0 Å². The van der Waals surface area contributed by atoms with E-state index in [0.717, 1.165) is 22.6 Å². The van der Waals surface area contributed by atoms with Gasteiger partial charge < -0.3 is 18.7 Å². The van der Waals surface area contributed by atoms with Crippen LogP contribution in [-0.4, -0.2) is 43.9 Å². The normalized spacial score (nSPS) is 10.8. The second-order valence-corrected chi connectivity index (χ2v) is 5.74. The first-order valence-electron chi connectivity index (χ1n) is 7.89. The molecule has 0 spiro atoms. The van der Waals surface area contributed by atoms with Gasteiger partial charge in [0, 0.05) is 24.7 Å². The summed E-state index contributed by atoms with van der Waals surface area (Å²) in [5.74, 6) is 1.84. The van der Waals surface area contributed by atoms with E-state index in [2.05, 4.69) is 5.16 Å². The molecule has 25 heavy (non-hydrogen) atoms. The zero-order valence-electron chi connectivity index (χ0n) is 15.3. The lowest BCUT2D eigenvalue weighted by atomic mass is 10.1. The van der Waals surface area contributed by atoms with Crippen LogP contribution in [0.3, 0.4) is 0 Å². The molecule has 0 atom stereocenters. The van der Waals surface area contributed by atoms with Crippen molar-refractivity contribution in [1.29, 1.82) is 0 Å². The highest BCUT2D eigenvalue weighted by Gasteiger charge is 2.18. The number of carbonyl (C=O) groups excluding carboxylic acids is 1. The zero-order chi connectivity index (χ0) is 18.4. The summed E-state index contributed by atoms with van der Waals surface area (Å²) in [7, 11) is 4.59. The zero-order valence-corrected chi connectivity index (χ0v) is 15.3. The summed E-state index contributed by atoms with van der Waals surface area (Å²) >= 11 is 0. The number of rotatable bonds is 8. The number of hydrogen-bond acceptors (Lipinski definition) is 7. The lowest BCUT2D eigenvalue weighted by Gasteiger charge is -2.21. The van der Waals surface area contributed by atoms with Crippen molar-refractivity contribution < 1.29 is 23.5 Å². The van der Waals surface area contributed by atoms with Crippen molar-refractivity contribution in [3.63, 3.8) is 0 Å². The van der Waals surface area contributed by atoms with Crippen molar-refractivity contribution in [2.75, 3.05) is 27.9 Å². The van der Waals surface area contributed by atoms with Crippen molar-refractivity contribution in [3.05, 3.63) is 40.8 Å². The quantitative estimate of drug-likeness (QED) is 0.679. The van der Waals surface area contributed by atoms with Crippen LogP contribution in [0.5, 0.6) is 11.5 Å². The number of methoxy groups -OCH3 is 3. The summed E-state index contributed by atoms with van der Waals surface area (Å²) in [5, 5.41) is 3.97. The van der Waals surface area contributed by atoms with Crippen molar-refractivity contribution in [2.24, 2.45) is 0 Å². The summed E-state index contributed by atoms with van der Waals surface area (Å²) in [4.78, 5) is 13.8. The van der Waals surface area contributed by atoms with Crippen LogP contribution in [0, 0.1) is 13.8 Å². The average Bonchev–Trinajstić information content (AvgIpc) is 2.92. The molecule has 136 valence electrons. The molecule has 1 aromatic carbocycles. The third-order valence-electron chi connectivity index (χ3n) is 3.96. The molecule has 0 saturated carbocycles. The van der Waals surface area contributed by atoms with Crippen LogP contribution in [0.25, 0.3) is 0 Å². The molecule has 0 aliphatic heterocycles. The number of esters is 1. The van der Waals surface area contributed by atoms with Crippen LogP contribution in [0.2, 0.25) is 0 Å². The van der Waals surface area contributed by atoms with Gasteiger partial charge in [-0.2, -0.15) is 0 Å². The molecule has 7 heteroatoms. The SMILES string of the molecule is COC(=O)CN(Cc1cc(OC)cc(OC)c1)Cc1c(C)noc1C. The number of aryl methyl sites for hydroxylation is 2. The third-order valence-corrected chi connectivity index (χ3v) is 3.96. The van der Waals surface area contributed by atoms with Gasteiger partial charge in [0.1, 0.15) is 17.3 Å². The minimum Gasteiger partial charge on any atom is -0.497 e. The molecule has 2 aromatic rings. The Morgan fingerprint density at radius 1 is 1.08 bits per heavy atom. The molecule has 1 heterocycles. The Labute approximate surface area is 147 Å². The first kappa shape index (κ1) is 18.8.